The molecule has 23 heavy (non-hydrogen) atoms. The van der Waals surface area contributed by atoms with E-state index in [4.69, 9.17) is 0 Å². The van der Waals surface area contributed by atoms with Crippen LogP contribution in [-0.4, -0.2) is 34.8 Å². The molecule has 1 aliphatic heterocycles. The molecule has 2 amide bonds. The number of benzene rings is 1. The number of rotatable bonds is 5. The molecular weight excluding hydrogens is 290 g/mol. The Morgan fingerprint density at radius 2 is 1.96 bits per heavy atom. The second-order valence-electron chi connectivity index (χ2n) is 5.34. The number of carbonyl (C=O) groups is 2. The summed E-state index contributed by atoms with van der Waals surface area (Å²) in [5, 5.41) is 2.82. The van der Waals surface area contributed by atoms with Gasteiger partial charge < -0.3 is 5.32 Å². The number of hydrogen-bond donors (Lipinski definition) is 1. The smallest absolute Gasteiger partial charge is 0.259 e. The largest absolute Gasteiger partial charge is 0.354 e. The predicted molar refractivity (Wildman–Crippen MR) is 87.5 cm³/mol. The van der Waals surface area contributed by atoms with Crippen molar-refractivity contribution in [2.75, 3.05) is 13.1 Å². The average Bonchev–Trinajstić information content (AvgIpc) is 2.81. The Balaban J connectivity index is 1.55. The second-order valence-corrected chi connectivity index (χ2v) is 5.34. The Kier molecular flexibility index (Phi) is 4.19. The number of nitrogens with zero attached hydrogens (tertiary/aromatic N) is 2. The summed E-state index contributed by atoms with van der Waals surface area (Å²) in [5.74, 6) is -0.371. The van der Waals surface area contributed by atoms with Crippen LogP contribution in [0, 0.1) is 0 Å². The summed E-state index contributed by atoms with van der Waals surface area (Å²) >= 11 is 0. The predicted octanol–water partition coefficient (Wildman–Crippen LogP) is 1.87. The van der Waals surface area contributed by atoms with E-state index in [0.29, 0.717) is 24.2 Å². The number of fused-ring (bicyclic) bond motifs is 1. The molecule has 1 aromatic carbocycles. The highest BCUT2D eigenvalue weighted by Crippen LogP contribution is 2.30. The van der Waals surface area contributed by atoms with Gasteiger partial charge in [0, 0.05) is 35.8 Å². The highest BCUT2D eigenvalue weighted by Gasteiger charge is 2.31. The van der Waals surface area contributed by atoms with Gasteiger partial charge in [0.15, 0.2) is 0 Å². The molecule has 0 atom stereocenters. The lowest BCUT2D eigenvalue weighted by atomic mass is 10.1. The molecule has 5 nitrogen and oxygen atoms in total. The van der Waals surface area contributed by atoms with Crippen molar-refractivity contribution >= 4 is 17.5 Å². The third-order valence-corrected chi connectivity index (χ3v) is 3.80. The van der Waals surface area contributed by atoms with Gasteiger partial charge in [-0.05, 0) is 24.1 Å². The van der Waals surface area contributed by atoms with Gasteiger partial charge in [0.2, 0.25) is 5.91 Å². The van der Waals surface area contributed by atoms with Crippen LogP contribution >= 0.6 is 0 Å². The maximum absolute atomic E-state index is 12.3. The number of amides is 2. The molecule has 1 N–H and O–H groups in total. The number of pyridine rings is 1. The highest BCUT2D eigenvalue weighted by molar-refractivity contribution is 6.10. The maximum Gasteiger partial charge on any atom is 0.259 e. The molecule has 2 aromatic rings. The van der Waals surface area contributed by atoms with Crippen LogP contribution in [0.4, 0.5) is 0 Å². The zero-order chi connectivity index (χ0) is 16.2. The molecule has 0 bridgehead atoms. The van der Waals surface area contributed by atoms with Crippen LogP contribution in [0.3, 0.4) is 0 Å². The normalized spacial score (nSPS) is 13.1. The van der Waals surface area contributed by atoms with Gasteiger partial charge in [-0.3, -0.25) is 19.5 Å². The summed E-state index contributed by atoms with van der Waals surface area (Å²) in [4.78, 5) is 29.8. The van der Waals surface area contributed by atoms with E-state index in [1.165, 1.54) is 4.90 Å². The molecule has 116 valence electrons. The van der Waals surface area contributed by atoms with Crippen LogP contribution in [0.2, 0.25) is 0 Å². The molecule has 1 aliphatic rings. The Labute approximate surface area is 134 Å². The minimum Gasteiger partial charge on any atom is -0.354 e. The first-order chi connectivity index (χ1) is 11.2. The highest BCUT2D eigenvalue weighted by atomic mass is 16.2. The maximum atomic E-state index is 12.3. The number of carbonyl (C=O) groups excluding carboxylic acids is 2. The quantitative estimate of drug-likeness (QED) is 0.917. The summed E-state index contributed by atoms with van der Waals surface area (Å²) in [6.45, 7) is 4.42. The van der Waals surface area contributed by atoms with E-state index >= 15 is 0 Å². The van der Waals surface area contributed by atoms with Crippen molar-refractivity contribution in [3.63, 3.8) is 0 Å². The zero-order valence-corrected chi connectivity index (χ0v) is 12.7. The SMILES string of the molecule is C=C1c2ccccc2C(=O)N1CC(=O)NCCc1cccnc1. The standard InChI is InChI=1S/C18H17N3O2/c1-13-15-6-2-3-7-16(15)18(23)21(13)12-17(22)20-10-8-14-5-4-9-19-11-14/h2-7,9,11H,1,8,10,12H2,(H,20,22). The van der Waals surface area contributed by atoms with Gasteiger partial charge in [0.1, 0.15) is 6.54 Å². The summed E-state index contributed by atoms with van der Waals surface area (Å²) in [6.07, 6.45) is 4.19. The molecule has 0 saturated carbocycles. The van der Waals surface area contributed by atoms with E-state index in [-0.39, 0.29) is 18.4 Å². The molecule has 5 heteroatoms. The van der Waals surface area contributed by atoms with Crippen LogP contribution in [0.1, 0.15) is 21.5 Å². The summed E-state index contributed by atoms with van der Waals surface area (Å²) in [7, 11) is 0. The Morgan fingerprint density at radius 1 is 1.17 bits per heavy atom. The molecule has 2 heterocycles. The fourth-order valence-electron chi connectivity index (χ4n) is 2.59. The van der Waals surface area contributed by atoms with Gasteiger partial charge in [-0.1, -0.05) is 30.8 Å². The lowest BCUT2D eigenvalue weighted by Gasteiger charge is -2.16. The fourth-order valence-corrected chi connectivity index (χ4v) is 2.59. The molecule has 1 aromatic heterocycles. The first-order valence-electron chi connectivity index (χ1n) is 7.42. The Bertz CT molecular complexity index is 721. The molecule has 0 saturated heterocycles. The zero-order valence-electron chi connectivity index (χ0n) is 12.7. The van der Waals surface area contributed by atoms with E-state index < -0.39 is 0 Å². The van der Waals surface area contributed by atoms with Gasteiger partial charge in [0.25, 0.3) is 5.91 Å². The number of aromatic nitrogens is 1. The summed E-state index contributed by atoms with van der Waals surface area (Å²) < 4.78 is 0. The van der Waals surface area contributed by atoms with Crippen molar-refractivity contribution in [3.05, 3.63) is 72.1 Å². The summed E-state index contributed by atoms with van der Waals surface area (Å²) in [6, 6.07) is 11.1. The first-order valence-corrected chi connectivity index (χ1v) is 7.42. The average molecular weight is 307 g/mol. The van der Waals surface area contributed by atoms with Gasteiger partial charge in [-0.25, -0.2) is 0 Å². The summed E-state index contributed by atoms with van der Waals surface area (Å²) in [5.41, 5.74) is 3.02. The van der Waals surface area contributed by atoms with E-state index in [0.717, 1.165) is 11.1 Å². The van der Waals surface area contributed by atoms with Gasteiger partial charge in [-0.15, -0.1) is 0 Å². The minimum absolute atomic E-state index is 0.0145. The van der Waals surface area contributed by atoms with Crippen molar-refractivity contribution in [2.24, 2.45) is 0 Å². The van der Waals surface area contributed by atoms with Gasteiger partial charge in [-0.2, -0.15) is 0 Å². The van der Waals surface area contributed by atoms with E-state index in [2.05, 4.69) is 16.9 Å². The molecular formula is C18H17N3O2. The molecule has 0 aliphatic carbocycles. The van der Waals surface area contributed by atoms with Crippen LogP contribution in [0.15, 0.2) is 55.4 Å². The lowest BCUT2D eigenvalue weighted by molar-refractivity contribution is -0.121. The van der Waals surface area contributed by atoms with E-state index in [1.807, 2.05) is 30.3 Å². The van der Waals surface area contributed by atoms with Crippen LogP contribution in [-0.2, 0) is 11.2 Å². The first kappa shape index (κ1) is 15.0. The van der Waals surface area contributed by atoms with Crippen LogP contribution < -0.4 is 5.32 Å². The van der Waals surface area contributed by atoms with Crippen molar-refractivity contribution in [1.82, 2.24) is 15.2 Å². The van der Waals surface area contributed by atoms with Crippen LogP contribution in [0.5, 0.6) is 0 Å². The van der Waals surface area contributed by atoms with Crippen molar-refractivity contribution in [2.45, 2.75) is 6.42 Å². The lowest BCUT2D eigenvalue weighted by Crippen LogP contribution is -2.37. The van der Waals surface area contributed by atoms with Gasteiger partial charge in [0.05, 0.1) is 0 Å². The number of nitrogens with one attached hydrogen (secondary N) is 1. The molecule has 0 fully saturated rings. The third kappa shape index (κ3) is 3.13. The fraction of sp³-hybridized carbons (Fsp3) is 0.167. The van der Waals surface area contributed by atoms with E-state index in [1.54, 1.807) is 18.5 Å². The molecule has 3 rings (SSSR count). The third-order valence-electron chi connectivity index (χ3n) is 3.80. The second kappa shape index (κ2) is 6.44. The van der Waals surface area contributed by atoms with Crippen molar-refractivity contribution in [1.29, 1.82) is 0 Å². The Morgan fingerprint density at radius 3 is 2.65 bits per heavy atom. The Hall–Kier alpha value is -2.95. The van der Waals surface area contributed by atoms with Crippen LogP contribution in [0.25, 0.3) is 5.70 Å². The van der Waals surface area contributed by atoms with Gasteiger partial charge >= 0.3 is 0 Å². The van der Waals surface area contributed by atoms with Crippen molar-refractivity contribution in [3.8, 4) is 0 Å². The van der Waals surface area contributed by atoms with Crippen molar-refractivity contribution < 1.29 is 9.59 Å². The minimum atomic E-state index is -0.198. The molecule has 0 unspecified atom stereocenters. The molecule has 0 spiro atoms. The topological polar surface area (TPSA) is 62.3 Å². The monoisotopic (exact) mass is 307 g/mol. The number of hydrogen-bond acceptors (Lipinski definition) is 3. The van der Waals surface area contributed by atoms with E-state index in [9.17, 15) is 9.59 Å². The molecule has 0 radical (unpaired) electrons.